The van der Waals surface area contributed by atoms with Gasteiger partial charge >= 0.3 is 0 Å². The van der Waals surface area contributed by atoms with E-state index in [2.05, 4.69) is 10.6 Å². The first-order chi connectivity index (χ1) is 13.6. The van der Waals surface area contributed by atoms with Crippen LogP contribution < -0.4 is 20.1 Å². The summed E-state index contributed by atoms with van der Waals surface area (Å²) in [7, 11) is 0. The van der Waals surface area contributed by atoms with Gasteiger partial charge in [-0.3, -0.25) is 9.59 Å². The predicted octanol–water partition coefficient (Wildman–Crippen LogP) is 4.48. The van der Waals surface area contributed by atoms with Crippen molar-refractivity contribution < 1.29 is 19.1 Å². The molecule has 28 heavy (non-hydrogen) atoms. The van der Waals surface area contributed by atoms with E-state index in [0.717, 1.165) is 5.56 Å². The van der Waals surface area contributed by atoms with Gasteiger partial charge in [-0.15, -0.1) is 0 Å². The molecule has 0 bridgehead atoms. The number of hydrogen-bond acceptors (Lipinski definition) is 4. The first kappa shape index (κ1) is 21.0. The molecule has 0 aromatic heterocycles. The number of benzene rings is 2. The summed E-state index contributed by atoms with van der Waals surface area (Å²) in [5.41, 5.74) is 1.91. The molecule has 2 aromatic carbocycles. The maximum atomic E-state index is 12.4. The lowest BCUT2D eigenvalue weighted by Crippen LogP contribution is -2.13. The third-order valence-corrected chi connectivity index (χ3v) is 3.76. The van der Waals surface area contributed by atoms with Crippen LogP contribution in [0.1, 0.15) is 32.8 Å². The summed E-state index contributed by atoms with van der Waals surface area (Å²) in [6.45, 7) is 6.30. The van der Waals surface area contributed by atoms with Crippen molar-refractivity contribution in [3.8, 4) is 11.5 Å². The first-order valence-corrected chi connectivity index (χ1v) is 9.34. The van der Waals surface area contributed by atoms with Crippen molar-refractivity contribution in [3.05, 3.63) is 54.1 Å². The van der Waals surface area contributed by atoms with E-state index in [0.29, 0.717) is 42.5 Å². The van der Waals surface area contributed by atoms with Gasteiger partial charge in [0.1, 0.15) is 11.5 Å². The largest absolute Gasteiger partial charge is 0.492 e. The van der Waals surface area contributed by atoms with Crippen LogP contribution in [0.4, 0.5) is 11.4 Å². The lowest BCUT2D eigenvalue weighted by Gasteiger charge is -2.17. The molecule has 0 aliphatic carbocycles. The SMILES string of the molecule is CCOc1cc(NC(=O)CC)c(OCC)cc1NC(=O)/C=C\c1ccccc1. The average Bonchev–Trinajstić information content (AvgIpc) is 2.70. The molecule has 0 unspecified atom stereocenters. The fourth-order valence-electron chi connectivity index (χ4n) is 2.45. The second kappa shape index (κ2) is 10.8. The summed E-state index contributed by atoms with van der Waals surface area (Å²) in [5, 5.41) is 5.62. The second-order valence-corrected chi connectivity index (χ2v) is 5.85. The lowest BCUT2D eigenvalue weighted by molar-refractivity contribution is -0.116. The van der Waals surface area contributed by atoms with Crippen LogP contribution in [0.5, 0.6) is 11.5 Å². The van der Waals surface area contributed by atoms with E-state index in [4.69, 9.17) is 9.47 Å². The molecule has 2 amide bonds. The van der Waals surface area contributed by atoms with Crippen molar-refractivity contribution in [2.75, 3.05) is 23.8 Å². The quantitative estimate of drug-likeness (QED) is 0.627. The van der Waals surface area contributed by atoms with E-state index in [1.54, 1.807) is 25.1 Å². The molecule has 0 aliphatic rings. The summed E-state index contributed by atoms with van der Waals surface area (Å²) in [5.74, 6) is 0.498. The van der Waals surface area contributed by atoms with E-state index in [9.17, 15) is 9.59 Å². The fourth-order valence-corrected chi connectivity index (χ4v) is 2.45. The minimum Gasteiger partial charge on any atom is -0.492 e. The molecule has 148 valence electrons. The first-order valence-electron chi connectivity index (χ1n) is 9.34. The maximum Gasteiger partial charge on any atom is 0.248 e. The van der Waals surface area contributed by atoms with Gasteiger partial charge in [0.25, 0.3) is 0 Å². The molecule has 0 saturated heterocycles. The van der Waals surface area contributed by atoms with Crippen LogP contribution >= 0.6 is 0 Å². The van der Waals surface area contributed by atoms with E-state index in [-0.39, 0.29) is 11.8 Å². The highest BCUT2D eigenvalue weighted by atomic mass is 16.5. The van der Waals surface area contributed by atoms with Crippen molar-refractivity contribution in [1.29, 1.82) is 0 Å². The van der Waals surface area contributed by atoms with Crippen molar-refractivity contribution in [2.24, 2.45) is 0 Å². The molecule has 6 nitrogen and oxygen atoms in total. The zero-order valence-electron chi connectivity index (χ0n) is 16.5. The van der Waals surface area contributed by atoms with Gasteiger partial charge in [0.05, 0.1) is 24.6 Å². The summed E-state index contributed by atoms with van der Waals surface area (Å²) < 4.78 is 11.3. The van der Waals surface area contributed by atoms with E-state index in [1.165, 1.54) is 6.08 Å². The number of nitrogens with one attached hydrogen (secondary N) is 2. The standard InChI is InChI=1S/C22H26N2O4/c1-4-21(25)23-17-14-20(28-6-3)18(15-19(17)27-5-2)24-22(26)13-12-16-10-8-7-9-11-16/h7-15H,4-6H2,1-3H3,(H,23,25)(H,24,26)/b13-12-. The van der Waals surface area contributed by atoms with Gasteiger partial charge in [-0.2, -0.15) is 0 Å². The van der Waals surface area contributed by atoms with Crippen molar-refractivity contribution in [2.45, 2.75) is 27.2 Å². The third kappa shape index (κ3) is 6.16. The number of carbonyl (C=O) groups excluding carboxylic acids is 2. The second-order valence-electron chi connectivity index (χ2n) is 5.85. The molecule has 2 N–H and O–H groups in total. The summed E-state index contributed by atoms with van der Waals surface area (Å²) in [6, 6.07) is 12.9. The number of rotatable bonds is 9. The van der Waals surface area contributed by atoms with Crippen LogP contribution in [0, 0.1) is 0 Å². The zero-order chi connectivity index (χ0) is 20.4. The Kier molecular flexibility index (Phi) is 8.09. The van der Waals surface area contributed by atoms with Gasteiger partial charge < -0.3 is 20.1 Å². The number of ether oxygens (including phenoxy) is 2. The highest BCUT2D eigenvalue weighted by Crippen LogP contribution is 2.37. The van der Waals surface area contributed by atoms with Crippen LogP contribution in [-0.2, 0) is 9.59 Å². The summed E-state index contributed by atoms with van der Waals surface area (Å²) in [4.78, 5) is 24.2. The van der Waals surface area contributed by atoms with E-state index >= 15 is 0 Å². The Morgan fingerprint density at radius 3 is 2.00 bits per heavy atom. The Morgan fingerprint density at radius 1 is 0.893 bits per heavy atom. The number of amides is 2. The van der Waals surface area contributed by atoms with Gasteiger partial charge in [-0.05, 0) is 25.5 Å². The molecule has 0 atom stereocenters. The van der Waals surface area contributed by atoms with Crippen LogP contribution in [-0.4, -0.2) is 25.0 Å². The molecular weight excluding hydrogens is 356 g/mol. The number of anilines is 2. The van der Waals surface area contributed by atoms with E-state index < -0.39 is 0 Å². The Labute approximate surface area is 165 Å². The van der Waals surface area contributed by atoms with Crippen LogP contribution in [0.3, 0.4) is 0 Å². The molecular formula is C22H26N2O4. The van der Waals surface area contributed by atoms with Gasteiger partial charge in [0.15, 0.2) is 0 Å². The van der Waals surface area contributed by atoms with Gasteiger partial charge in [0.2, 0.25) is 11.8 Å². The average molecular weight is 382 g/mol. The predicted molar refractivity (Wildman–Crippen MR) is 112 cm³/mol. The monoisotopic (exact) mass is 382 g/mol. The minimum absolute atomic E-state index is 0.133. The number of carbonyl (C=O) groups is 2. The minimum atomic E-state index is -0.294. The molecule has 0 radical (unpaired) electrons. The fraction of sp³-hybridized carbons (Fsp3) is 0.273. The van der Waals surface area contributed by atoms with Gasteiger partial charge in [0, 0.05) is 24.6 Å². The van der Waals surface area contributed by atoms with E-state index in [1.807, 2.05) is 44.2 Å². The molecule has 2 aromatic rings. The van der Waals surface area contributed by atoms with Crippen molar-refractivity contribution in [1.82, 2.24) is 0 Å². The maximum absolute atomic E-state index is 12.4. The lowest BCUT2D eigenvalue weighted by atomic mass is 10.2. The Bertz CT molecular complexity index is 832. The Balaban J connectivity index is 2.27. The normalized spacial score (nSPS) is 10.5. The molecule has 0 aliphatic heterocycles. The molecule has 6 heteroatoms. The molecule has 0 spiro atoms. The summed E-state index contributed by atoms with van der Waals surface area (Å²) >= 11 is 0. The van der Waals surface area contributed by atoms with Crippen molar-refractivity contribution >= 4 is 29.3 Å². The van der Waals surface area contributed by atoms with Crippen LogP contribution in [0.2, 0.25) is 0 Å². The van der Waals surface area contributed by atoms with Crippen LogP contribution in [0.25, 0.3) is 6.08 Å². The van der Waals surface area contributed by atoms with Gasteiger partial charge in [-0.1, -0.05) is 37.3 Å². The number of hydrogen-bond donors (Lipinski definition) is 2. The Morgan fingerprint density at radius 2 is 1.46 bits per heavy atom. The smallest absolute Gasteiger partial charge is 0.248 e. The highest BCUT2D eigenvalue weighted by molar-refractivity contribution is 6.03. The molecule has 0 heterocycles. The highest BCUT2D eigenvalue weighted by Gasteiger charge is 2.15. The zero-order valence-corrected chi connectivity index (χ0v) is 16.5. The summed E-state index contributed by atoms with van der Waals surface area (Å²) in [6.07, 6.45) is 3.53. The molecule has 2 rings (SSSR count). The Hall–Kier alpha value is -3.28. The topological polar surface area (TPSA) is 76.7 Å². The van der Waals surface area contributed by atoms with Crippen LogP contribution in [0.15, 0.2) is 48.5 Å². The third-order valence-electron chi connectivity index (χ3n) is 3.76. The molecule has 0 fully saturated rings. The van der Waals surface area contributed by atoms with Gasteiger partial charge in [-0.25, -0.2) is 0 Å². The molecule has 0 saturated carbocycles. The van der Waals surface area contributed by atoms with Crippen molar-refractivity contribution in [3.63, 3.8) is 0 Å².